The van der Waals surface area contributed by atoms with E-state index in [0.29, 0.717) is 24.8 Å². The molecule has 7 atom stereocenters. The molecular weight excluding hydrogens is 432 g/mol. The van der Waals surface area contributed by atoms with E-state index < -0.39 is 47.8 Å². The maximum atomic E-state index is 13.0. The normalized spacial score (nSPS) is 41.5. The van der Waals surface area contributed by atoms with Crippen LogP contribution < -0.4 is 0 Å². The summed E-state index contributed by atoms with van der Waals surface area (Å²) in [6.07, 6.45) is 2.63. The van der Waals surface area contributed by atoms with E-state index >= 15 is 0 Å². The second-order valence-electron chi connectivity index (χ2n) is 10.6. The highest BCUT2D eigenvalue weighted by molar-refractivity contribution is 5.85. The predicted molar refractivity (Wildman–Crippen MR) is 113 cm³/mol. The van der Waals surface area contributed by atoms with Crippen LogP contribution in [-0.2, 0) is 38.1 Å². The Bertz CT molecular complexity index is 844. The molecule has 0 radical (unpaired) electrons. The Kier molecular flexibility index (Phi) is 6.12. The summed E-state index contributed by atoms with van der Waals surface area (Å²) < 4.78 is 27.3. The Labute approximate surface area is 193 Å². The van der Waals surface area contributed by atoms with E-state index in [4.69, 9.17) is 23.7 Å². The minimum atomic E-state index is -1.10. The van der Waals surface area contributed by atoms with E-state index in [2.05, 4.69) is 13.8 Å². The quantitative estimate of drug-likeness (QED) is 0.272. The summed E-state index contributed by atoms with van der Waals surface area (Å²) in [4.78, 5) is 35.8. The molecule has 0 aromatic rings. The van der Waals surface area contributed by atoms with E-state index in [9.17, 15) is 19.5 Å². The molecule has 9 heteroatoms. The van der Waals surface area contributed by atoms with Crippen molar-refractivity contribution in [1.29, 1.82) is 0 Å². The topological polar surface area (TPSA) is 121 Å². The van der Waals surface area contributed by atoms with Crippen LogP contribution in [0.25, 0.3) is 0 Å². The van der Waals surface area contributed by atoms with Crippen LogP contribution in [0.1, 0.15) is 73.1 Å². The molecule has 1 N–H and O–H groups in total. The van der Waals surface area contributed by atoms with Crippen LogP contribution in [0.3, 0.4) is 0 Å². The number of hydrogen-bond donors (Lipinski definition) is 1. The molecule has 3 aliphatic heterocycles. The van der Waals surface area contributed by atoms with Crippen LogP contribution in [-0.4, -0.2) is 59.0 Å². The maximum absolute atomic E-state index is 13.0. The zero-order valence-corrected chi connectivity index (χ0v) is 19.9. The highest BCUT2D eigenvalue weighted by atomic mass is 16.8. The van der Waals surface area contributed by atoms with Crippen molar-refractivity contribution in [3.05, 3.63) is 11.6 Å². The average molecular weight is 467 g/mol. The largest absolute Gasteiger partial charge is 0.455 e. The van der Waals surface area contributed by atoms with Gasteiger partial charge in [-0.2, -0.15) is 0 Å². The Balaban J connectivity index is 1.43. The van der Waals surface area contributed by atoms with Crippen molar-refractivity contribution in [3.63, 3.8) is 0 Å². The number of carbonyl (C=O) groups is 3. The van der Waals surface area contributed by atoms with E-state index in [-0.39, 0.29) is 17.4 Å². The van der Waals surface area contributed by atoms with Crippen molar-refractivity contribution in [2.45, 2.75) is 109 Å². The van der Waals surface area contributed by atoms with E-state index in [1.807, 2.05) is 6.92 Å². The molecule has 7 unspecified atom stereocenters. The first-order chi connectivity index (χ1) is 15.3. The predicted octanol–water partition coefficient (Wildman–Crippen LogP) is 2.53. The number of aliphatic hydroxyl groups is 1. The molecule has 184 valence electrons. The Hall–Kier alpha value is -1.97. The molecule has 1 aliphatic carbocycles. The molecule has 0 bridgehead atoms. The van der Waals surface area contributed by atoms with Gasteiger partial charge in [-0.15, -0.1) is 0 Å². The first kappa shape index (κ1) is 24.2. The molecule has 4 aliphatic rings. The maximum Gasteiger partial charge on any atom is 0.341 e. The van der Waals surface area contributed by atoms with Crippen molar-refractivity contribution >= 4 is 17.9 Å². The summed E-state index contributed by atoms with van der Waals surface area (Å²) in [5.74, 6) is -1.54. The van der Waals surface area contributed by atoms with Gasteiger partial charge in [0.1, 0.15) is 12.2 Å². The van der Waals surface area contributed by atoms with E-state index in [1.54, 1.807) is 0 Å². The molecule has 9 nitrogen and oxygen atoms in total. The zero-order chi connectivity index (χ0) is 24.2. The number of esters is 3. The smallest absolute Gasteiger partial charge is 0.341 e. The van der Waals surface area contributed by atoms with Gasteiger partial charge in [0.05, 0.1) is 5.60 Å². The number of epoxide rings is 1. The Morgan fingerprint density at radius 1 is 1.15 bits per heavy atom. The van der Waals surface area contributed by atoms with Crippen LogP contribution in [0.4, 0.5) is 0 Å². The fraction of sp³-hybridized carbons (Fsp3) is 0.792. The first-order valence-electron chi connectivity index (χ1n) is 11.7. The third-order valence-corrected chi connectivity index (χ3v) is 7.63. The summed E-state index contributed by atoms with van der Waals surface area (Å²) in [7, 11) is 0. The number of hydrogen-bond acceptors (Lipinski definition) is 9. The lowest BCUT2D eigenvalue weighted by Gasteiger charge is -2.48. The van der Waals surface area contributed by atoms with Gasteiger partial charge in [-0.1, -0.05) is 20.3 Å². The first-order valence-corrected chi connectivity index (χ1v) is 11.7. The van der Waals surface area contributed by atoms with Gasteiger partial charge in [-0.25, -0.2) is 4.79 Å². The van der Waals surface area contributed by atoms with Gasteiger partial charge in [0.2, 0.25) is 12.6 Å². The minimum absolute atomic E-state index is 0.0289. The molecule has 0 aromatic carbocycles. The molecule has 3 fully saturated rings. The van der Waals surface area contributed by atoms with Gasteiger partial charge in [0.25, 0.3) is 0 Å². The second kappa shape index (κ2) is 8.36. The molecule has 33 heavy (non-hydrogen) atoms. The van der Waals surface area contributed by atoms with Crippen LogP contribution >= 0.6 is 0 Å². The molecule has 0 spiro atoms. The molecule has 0 aromatic heterocycles. The van der Waals surface area contributed by atoms with Crippen molar-refractivity contribution < 1.29 is 43.2 Å². The van der Waals surface area contributed by atoms with Crippen LogP contribution in [0.2, 0.25) is 0 Å². The summed E-state index contributed by atoms with van der Waals surface area (Å²) in [6, 6.07) is 0. The summed E-state index contributed by atoms with van der Waals surface area (Å²) in [6.45, 7) is 8.71. The summed E-state index contributed by atoms with van der Waals surface area (Å²) >= 11 is 0. The van der Waals surface area contributed by atoms with Crippen LogP contribution in [0.15, 0.2) is 11.6 Å². The molecule has 2 saturated heterocycles. The molecule has 1 saturated carbocycles. The average Bonchev–Trinajstić information content (AvgIpc) is 3.26. The molecule has 4 rings (SSSR count). The number of cyclic esters (lactones) is 1. The standard InChI is InChI=1S/C24H34O9/c1-13(25)29-19-11-15(20(32-19)30-14(2)26)16-12-18-24(33-18,21(27)31-16)10-7-17-22(3,4)8-6-9-23(17,5)28/h11,16-20,28H,6-10,12H2,1-5H3. The van der Waals surface area contributed by atoms with E-state index in [1.165, 1.54) is 19.9 Å². The lowest BCUT2D eigenvalue weighted by atomic mass is 9.60. The van der Waals surface area contributed by atoms with Gasteiger partial charge in [-0.3, -0.25) is 14.3 Å². The van der Waals surface area contributed by atoms with Crippen LogP contribution in [0, 0.1) is 11.3 Å². The number of fused-ring (bicyclic) bond motifs is 1. The number of rotatable bonds is 6. The molecule has 3 heterocycles. The van der Waals surface area contributed by atoms with Gasteiger partial charge in [-0.05, 0) is 50.0 Å². The van der Waals surface area contributed by atoms with Gasteiger partial charge in [0.15, 0.2) is 5.60 Å². The van der Waals surface area contributed by atoms with Gasteiger partial charge < -0.3 is 24.1 Å². The monoisotopic (exact) mass is 466 g/mol. The summed E-state index contributed by atoms with van der Waals surface area (Å²) in [5.41, 5.74) is -1.38. The second-order valence-corrected chi connectivity index (χ2v) is 10.6. The SMILES string of the molecule is CC(=O)OC1C=C(C2CC3OC3(CCC3C(C)(C)CCCC3(C)O)C(=O)O2)C(OC(C)=O)O1. The third kappa shape index (κ3) is 4.68. The lowest BCUT2D eigenvalue weighted by molar-refractivity contribution is -0.204. The van der Waals surface area contributed by atoms with Crippen molar-refractivity contribution in [2.75, 3.05) is 0 Å². The van der Waals surface area contributed by atoms with Crippen molar-refractivity contribution in [1.82, 2.24) is 0 Å². The Morgan fingerprint density at radius 2 is 1.85 bits per heavy atom. The Morgan fingerprint density at radius 3 is 2.45 bits per heavy atom. The minimum Gasteiger partial charge on any atom is -0.455 e. The van der Waals surface area contributed by atoms with Gasteiger partial charge >= 0.3 is 17.9 Å². The molecule has 0 amide bonds. The zero-order valence-electron chi connectivity index (χ0n) is 19.9. The lowest BCUT2D eigenvalue weighted by Crippen LogP contribution is -2.48. The number of carbonyl (C=O) groups excluding carboxylic acids is 3. The number of ether oxygens (including phenoxy) is 5. The van der Waals surface area contributed by atoms with E-state index in [0.717, 1.165) is 19.3 Å². The van der Waals surface area contributed by atoms with Crippen molar-refractivity contribution in [2.24, 2.45) is 11.3 Å². The fourth-order valence-electron chi connectivity index (χ4n) is 5.99. The summed E-state index contributed by atoms with van der Waals surface area (Å²) in [5, 5.41) is 11.0. The highest BCUT2D eigenvalue weighted by Gasteiger charge is 2.68. The van der Waals surface area contributed by atoms with Crippen LogP contribution in [0.5, 0.6) is 0 Å². The highest BCUT2D eigenvalue weighted by Crippen LogP contribution is 2.54. The molecular formula is C24H34O9. The fourth-order valence-corrected chi connectivity index (χ4v) is 5.99. The third-order valence-electron chi connectivity index (χ3n) is 7.63. The van der Waals surface area contributed by atoms with Crippen molar-refractivity contribution in [3.8, 4) is 0 Å². The van der Waals surface area contributed by atoms with Gasteiger partial charge in [0, 0.05) is 25.8 Å².